The molecule has 15 heteroatoms. The van der Waals surface area contributed by atoms with Gasteiger partial charge in [0.1, 0.15) is 35.6 Å². The number of fused-ring (bicyclic) bond motifs is 3. The minimum Gasteiger partial charge on any atom is -0.497 e. The summed E-state index contributed by atoms with van der Waals surface area (Å²) in [5, 5.41) is 4.48. The highest BCUT2D eigenvalue weighted by atomic mass is 16.6. The standard InChI is InChI=1S/C41H48N6O9/c1-41(2,3)56-39(50)44(4)20-21-53-30-13-8-27-9-17-36(48)45(32(27)23-30)19-18-42-28-10-14-31-34(22-28)55-40(51)47(31)35-16-15-33-38(43-35)46(37(49)25-54-33)24-26-6-11-29(52-5)12-7-26/h6-9,11-13,15-17,23,28,31,34,42H,10,14,18-22,24-25H2,1-5H3/t28-,31-,34-/m1/s1. The van der Waals surface area contributed by atoms with Gasteiger partial charge in [0.05, 0.1) is 31.8 Å². The van der Waals surface area contributed by atoms with Crippen LogP contribution in [0.15, 0.2) is 71.5 Å². The second kappa shape index (κ2) is 16.1. The van der Waals surface area contributed by atoms with Crippen molar-refractivity contribution in [1.29, 1.82) is 0 Å². The summed E-state index contributed by atoms with van der Waals surface area (Å²) in [5.74, 6) is 2.30. The number of hydrogen-bond donors (Lipinski definition) is 1. The van der Waals surface area contributed by atoms with Crippen LogP contribution in [0.4, 0.5) is 21.2 Å². The predicted molar refractivity (Wildman–Crippen MR) is 209 cm³/mol. The quantitative estimate of drug-likeness (QED) is 0.205. The minimum absolute atomic E-state index is 0.0676. The van der Waals surface area contributed by atoms with Gasteiger partial charge in [-0.1, -0.05) is 12.1 Å². The van der Waals surface area contributed by atoms with E-state index in [9.17, 15) is 19.2 Å². The van der Waals surface area contributed by atoms with E-state index in [-0.39, 0.29) is 49.4 Å². The zero-order valence-electron chi connectivity index (χ0n) is 32.4. The number of methoxy groups -OCH3 is 1. The Morgan fingerprint density at radius 1 is 1.00 bits per heavy atom. The molecule has 3 aliphatic rings. The number of hydrogen-bond acceptors (Lipinski definition) is 11. The number of benzene rings is 2. The van der Waals surface area contributed by atoms with Crippen LogP contribution in [-0.4, -0.2) is 96.8 Å². The number of amides is 3. The van der Waals surface area contributed by atoms with E-state index in [1.807, 2.05) is 63.2 Å². The molecule has 2 fully saturated rings. The van der Waals surface area contributed by atoms with Gasteiger partial charge in [-0.15, -0.1) is 0 Å². The minimum atomic E-state index is -0.586. The molecule has 0 unspecified atom stereocenters. The number of likely N-dealkylation sites (N-methyl/N-ethyl adjacent to an activating group) is 1. The lowest BCUT2D eigenvalue weighted by molar-refractivity contribution is -0.121. The van der Waals surface area contributed by atoms with Crippen molar-refractivity contribution in [3.05, 3.63) is 82.6 Å². The average Bonchev–Trinajstić information content (AvgIpc) is 3.50. The number of carbonyl (C=O) groups excluding carboxylic acids is 3. The Labute approximate surface area is 325 Å². The van der Waals surface area contributed by atoms with Crippen molar-refractivity contribution < 1.29 is 38.1 Å². The highest BCUT2D eigenvalue weighted by Gasteiger charge is 2.47. The number of ether oxygens (including phenoxy) is 5. The van der Waals surface area contributed by atoms with Crippen LogP contribution in [0.3, 0.4) is 0 Å². The van der Waals surface area contributed by atoms with Crippen molar-refractivity contribution in [3.63, 3.8) is 0 Å². The molecule has 0 bridgehead atoms. The Hall–Kier alpha value is -5.83. The number of carbonyl (C=O) groups is 3. The maximum atomic E-state index is 13.3. The lowest BCUT2D eigenvalue weighted by Crippen LogP contribution is -2.47. The highest BCUT2D eigenvalue weighted by Crippen LogP contribution is 2.39. The molecule has 3 atom stereocenters. The molecule has 7 rings (SSSR count). The van der Waals surface area contributed by atoms with Gasteiger partial charge in [0.15, 0.2) is 18.2 Å². The van der Waals surface area contributed by atoms with E-state index in [2.05, 4.69) is 5.32 Å². The monoisotopic (exact) mass is 768 g/mol. The van der Waals surface area contributed by atoms with Crippen molar-refractivity contribution >= 4 is 40.6 Å². The first-order chi connectivity index (χ1) is 26.9. The number of rotatable bonds is 12. The van der Waals surface area contributed by atoms with Crippen molar-refractivity contribution in [2.45, 2.75) is 76.9 Å². The summed E-state index contributed by atoms with van der Waals surface area (Å²) in [5.41, 5.74) is 0.926. The van der Waals surface area contributed by atoms with Gasteiger partial charge in [0, 0.05) is 44.7 Å². The Balaban J connectivity index is 0.960. The molecule has 3 amide bonds. The van der Waals surface area contributed by atoms with E-state index < -0.39 is 17.8 Å². The average molecular weight is 769 g/mol. The summed E-state index contributed by atoms with van der Waals surface area (Å²) >= 11 is 0. The molecular formula is C41H48N6O9. The van der Waals surface area contributed by atoms with E-state index in [0.29, 0.717) is 55.6 Å². The van der Waals surface area contributed by atoms with Crippen molar-refractivity contribution in [1.82, 2.24) is 19.8 Å². The summed E-state index contributed by atoms with van der Waals surface area (Å²) in [6.07, 6.45) is 0.805. The topological polar surface area (TPSA) is 154 Å². The number of anilines is 2. The number of pyridine rings is 2. The third kappa shape index (κ3) is 8.52. The third-order valence-electron chi connectivity index (χ3n) is 10.1. The van der Waals surface area contributed by atoms with Crippen LogP contribution >= 0.6 is 0 Å². The van der Waals surface area contributed by atoms with Gasteiger partial charge >= 0.3 is 12.2 Å². The van der Waals surface area contributed by atoms with Crippen LogP contribution in [0.1, 0.15) is 45.6 Å². The molecule has 4 aromatic rings. The molecule has 1 aliphatic carbocycles. The first-order valence-electron chi connectivity index (χ1n) is 18.9. The van der Waals surface area contributed by atoms with Crippen LogP contribution in [-0.2, 0) is 27.4 Å². The molecular weight excluding hydrogens is 720 g/mol. The largest absolute Gasteiger partial charge is 0.497 e. The number of nitrogens with one attached hydrogen (secondary N) is 1. The Bertz CT molecular complexity index is 2150. The highest BCUT2D eigenvalue weighted by molar-refractivity contribution is 5.97. The van der Waals surface area contributed by atoms with Crippen LogP contribution in [0, 0.1) is 0 Å². The van der Waals surface area contributed by atoms with Crippen molar-refractivity contribution in [2.75, 3.05) is 50.3 Å². The molecule has 0 spiro atoms. The van der Waals surface area contributed by atoms with Crippen molar-refractivity contribution in [2.24, 2.45) is 0 Å². The number of nitrogens with zero attached hydrogens (tertiary/aromatic N) is 5. The van der Waals surface area contributed by atoms with E-state index in [1.54, 1.807) is 52.8 Å². The molecule has 1 N–H and O–H groups in total. The van der Waals surface area contributed by atoms with E-state index in [4.69, 9.17) is 28.7 Å². The first-order valence-corrected chi connectivity index (χ1v) is 18.9. The molecule has 56 heavy (non-hydrogen) atoms. The Morgan fingerprint density at radius 2 is 1.77 bits per heavy atom. The molecule has 2 aromatic heterocycles. The predicted octanol–water partition coefficient (Wildman–Crippen LogP) is 5.11. The van der Waals surface area contributed by atoms with Crippen LogP contribution < -0.4 is 34.9 Å². The molecule has 0 radical (unpaired) electrons. The summed E-state index contributed by atoms with van der Waals surface area (Å²) < 4.78 is 29.9. The molecule has 2 aromatic carbocycles. The molecule has 15 nitrogen and oxygen atoms in total. The zero-order valence-corrected chi connectivity index (χ0v) is 32.4. The molecule has 296 valence electrons. The van der Waals surface area contributed by atoms with Crippen LogP contribution in [0.2, 0.25) is 0 Å². The smallest absolute Gasteiger partial charge is 0.416 e. The van der Waals surface area contributed by atoms with E-state index in [1.165, 1.54) is 4.90 Å². The van der Waals surface area contributed by atoms with E-state index in [0.717, 1.165) is 28.6 Å². The second-order valence-corrected chi connectivity index (χ2v) is 15.2. The molecule has 1 saturated carbocycles. The summed E-state index contributed by atoms with van der Waals surface area (Å²) in [4.78, 5) is 61.1. The summed E-state index contributed by atoms with van der Waals surface area (Å²) in [6, 6.07) is 19.7. The fraction of sp³-hybridized carbons (Fsp3) is 0.439. The van der Waals surface area contributed by atoms with Crippen molar-refractivity contribution in [3.8, 4) is 17.2 Å². The number of aromatic nitrogens is 2. The van der Waals surface area contributed by atoms with Gasteiger partial charge in [0.25, 0.3) is 11.5 Å². The zero-order chi connectivity index (χ0) is 39.6. The fourth-order valence-electron chi connectivity index (χ4n) is 7.28. The lowest BCUT2D eigenvalue weighted by Gasteiger charge is -2.34. The molecule has 2 aliphatic heterocycles. The second-order valence-electron chi connectivity index (χ2n) is 15.2. The Morgan fingerprint density at radius 3 is 2.54 bits per heavy atom. The van der Waals surface area contributed by atoms with E-state index >= 15 is 0 Å². The van der Waals surface area contributed by atoms with Gasteiger partial charge in [-0.25, -0.2) is 14.6 Å². The normalized spacial score (nSPS) is 19.2. The van der Waals surface area contributed by atoms with Gasteiger partial charge in [-0.05, 0) is 87.0 Å². The van der Waals surface area contributed by atoms with Crippen LogP contribution in [0.5, 0.6) is 17.2 Å². The Kier molecular flexibility index (Phi) is 11.1. The van der Waals surface area contributed by atoms with Crippen LogP contribution in [0.25, 0.3) is 10.9 Å². The third-order valence-corrected chi connectivity index (χ3v) is 10.1. The maximum Gasteiger partial charge on any atom is 0.416 e. The summed E-state index contributed by atoms with van der Waals surface area (Å²) in [6.45, 7) is 7.17. The lowest BCUT2D eigenvalue weighted by atomic mass is 9.88. The SMILES string of the molecule is COc1ccc(CN2C(=O)COc3ccc(N4C(=O)O[C@@H]5C[C@H](NCCn6c(=O)ccc7ccc(OCCN(C)C(=O)OC(C)(C)C)cc76)CC[C@H]54)nc32)cc1. The molecule has 4 heterocycles. The summed E-state index contributed by atoms with van der Waals surface area (Å²) in [7, 11) is 3.26. The fourth-order valence-corrected chi connectivity index (χ4v) is 7.28. The molecule has 1 saturated heterocycles. The van der Waals surface area contributed by atoms with Gasteiger partial charge in [0.2, 0.25) is 0 Å². The van der Waals surface area contributed by atoms with Gasteiger partial charge in [-0.3, -0.25) is 19.4 Å². The maximum absolute atomic E-state index is 13.3. The first kappa shape index (κ1) is 38.4. The van der Waals surface area contributed by atoms with Gasteiger partial charge < -0.3 is 38.5 Å². The van der Waals surface area contributed by atoms with Gasteiger partial charge in [-0.2, -0.15) is 0 Å².